The number of rotatable bonds is 6. The third kappa shape index (κ3) is 7.86. The summed E-state index contributed by atoms with van der Waals surface area (Å²) in [7, 11) is 0. The predicted octanol–water partition coefficient (Wildman–Crippen LogP) is 15.3. The van der Waals surface area contributed by atoms with E-state index < -0.39 is 0 Å². The minimum Gasteiger partial charge on any atom is -0.310 e. The molecule has 3 heteroatoms. The lowest BCUT2D eigenvalue weighted by atomic mass is 9.86. The molecule has 1 aromatic heterocycles. The molecule has 6 rings (SSSR count). The van der Waals surface area contributed by atoms with Gasteiger partial charge in [-0.25, -0.2) is 0 Å². The lowest BCUT2D eigenvalue weighted by molar-refractivity contribution is 0.590. The van der Waals surface area contributed by atoms with Crippen molar-refractivity contribution in [1.82, 2.24) is 0 Å². The smallest absolute Gasteiger partial charge is 0.0647 e. The van der Waals surface area contributed by atoms with Gasteiger partial charge in [-0.15, -0.1) is 11.3 Å². The maximum atomic E-state index is 2.47. The van der Waals surface area contributed by atoms with Gasteiger partial charge in [-0.2, -0.15) is 0 Å². The Morgan fingerprint density at radius 1 is 0.385 bits per heavy atom. The molecule has 0 fully saturated rings. The largest absolute Gasteiger partial charge is 0.310 e. The molecule has 1 heterocycles. The molecule has 0 radical (unpaired) electrons. The Balaban J connectivity index is 1.57. The molecule has 5 aromatic carbocycles. The first-order valence-corrected chi connectivity index (χ1v) is 19.6. The molecule has 0 spiro atoms. The Morgan fingerprint density at radius 2 is 0.750 bits per heavy atom. The maximum Gasteiger partial charge on any atom is 0.0647 e. The highest BCUT2D eigenvalue weighted by atomic mass is 32.1. The predicted molar refractivity (Wildman–Crippen MR) is 231 cm³/mol. The van der Waals surface area contributed by atoms with E-state index in [9.17, 15) is 0 Å². The zero-order chi connectivity index (χ0) is 37.8. The van der Waals surface area contributed by atoms with E-state index in [4.69, 9.17) is 0 Å². The average Bonchev–Trinajstić information content (AvgIpc) is 3.47. The molecule has 2 nitrogen and oxygen atoms in total. The van der Waals surface area contributed by atoms with Gasteiger partial charge in [-0.1, -0.05) is 126 Å². The Hall–Kier alpha value is -4.34. The molecule has 0 unspecified atom stereocenters. The molecule has 0 aliphatic carbocycles. The van der Waals surface area contributed by atoms with Crippen LogP contribution < -0.4 is 9.80 Å². The van der Waals surface area contributed by atoms with Gasteiger partial charge in [0.05, 0.1) is 5.69 Å². The van der Waals surface area contributed by atoms with Crippen LogP contribution in [0.15, 0.2) is 115 Å². The fourth-order valence-electron chi connectivity index (χ4n) is 6.86. The number of nitrogens with zero attached hydrogens (tertiary/aromatic N) is 2. The van der Waals surface area contributed by atoms with Crippen molar-refractivity contribution in [3.63, 3.8) is 0 Å². The van der Waals surface area contributed by atoms with Gasteiger partial charge in [0.1, 0.15) is 0 Å². The maximum absolute atomic E-state index is 2.47. The number of thiophene rings is 1. The minimum atomic E-state index is 0.0503. The fourth-order valence-corrected chi connectivity index (χ4v) is 7.77. The minimum absolute atomic E-state index is 0.0503. The van der Waals surface area contributed by atoms with Gasteiger partial charge in [0.2, 0.25) is 0 Å². The molecule has 52 heavy (non-hydrogen) atoms. The quantitative estimate of drug-likeness (QED) is 0.170. The second-order valence-electron chi connectivity index (χ2n) is 18.7. The number of hydrogen-bond acceptors (Lipinski definition) is 3. The normalized spacial score (nSPS) is 12.7. The van der Waals surface area contributed by atoms with E-state index in [1.54, 1.807) is 0 Å². The summed E-state index contributed by atoms with van der Waals surface area (Å²) < 4.78 is 1.30. The molecular weight excluding hydrogens is 649 g/mol. The van der Waals surface area contributed by atoms with Crippen molar-refractivity contribution in [2.75, 3.05) is 9.80 Å². The first-order chi connectivity index (χ1) is 24.2. The lowest BCUT2D eigenvalue weighted by Crippen LogP contribution is -2.16. The van der Waals surface area contributed by atoms with Gasteiger partial charge in [-0.3, -0.25) is 0 Å². The highest BCUT2D eigenvalue weighted by molar-refractivity contribution is 7.17. The van der Waals surface area contributed by atoms with Crippen LogP contribution in [0, 0.1) is 6.92 Å². The van der Waals surface area contributed by atoms with Crippen LogP contribution in [0.2, 0.25) is 0 Å². The molecule has 0 saturated heterocycles. The van der Waals surface area contributed by atoms with E-state index in [2.05, 4.69) is 214 Å². The lowest BCUT2D eigenvalue weighted by Gasteiger charge is -2.31. The number of aryl methyl sites for hydroxylation is 1. The van der Waals surface area contributed by atoms with E-state index >= 15 is 0 Å². The van der Waals surface area contributed by atoms with E-state index in [-0.39, 0.29) is 21.7 Å². The molecule has 0 saturated carbocycles. The Kier molecular flexibility index (Phi) is 9.77. The van der Waals surface area contributed by atoms with E-state index in [0.717, 1.165) is 28.4 Å². The highest BCUT2D eigenvalue weighted by Crippen LogP contribution is 2.46. The summed E-state index contributed by atoms with van der Waals surface area (Å²) in [6.07, 6.45) is 0. The SMILES string of the molecule is Cc1cc(N(c2ccc(C(C)(C)C)cc2)c2ccc(C(C)(C)C)cc2)cc(N(c2ccc(C(C)(C)C)cc2)c2csc3ccc(C(C)(C)C)cc23)c1. The van der Waals surface area contributed by atoms with Gasteiger partial charge in [0.15, 0.2) is 0 Å². The zero-order valence-corrected chi connectivity index (χ0v) is 34.6. The third-order valence-electron chi connectivity index (χ3n) is 10.2. The summed E-state index contributed by atoms with van der Waals surface area (Å²) in [5.41, 5.74) is 13.7. The number of benzene rings is 5. The van der Waals surface area contributed by atoms with Crippen molar-refractivity contribution in [3.8, 4) is 0 Å². The molecular formula is C49H58N2S. The fraction of sp³-hybridized carbons (Fsp3) is 0.347. The highest BCUT2D eigenvalue weighted by Gasteiger charge is 2.24. The van der Waals surface area contributed by atoms with Crippen molar-refractivity contribution >= 4 is 55.5 Å². The van der Waals surface area contributed by atoms with Crippen molar-refractivity contribution in [2.45, 2.75) is 112 Å². The van der Waals surface area contributed by atoms with Gasteiger partial charge >= 0.3 is 0 Å². The van der Waals surface area contributed by atoms with Crippen molar-refractivity contribution in [2.24, 2.45) is 0 Å². The van der Waals surface area contributed by atoms with E-state index in [0.29, 0.717) is 0 Å². The summed E-state index contributed by atoms with van der Waals surface area (Å²) in [5.74, 6) is 0. The van der Waals surface area contributed by atoms with Crippen LogP contribution in [0.1, 0.15) is 111 Å². The summed E-state index contributed by atoms with van der Waals surface area (Å²) in [4.78, 5) is 4.89. The summed E-state index contributed by atoms with van der Waals surface area (Å²) >= 11 is 1.82. The van der Waals surface area contributed by atoms with Crippen LogP contribution in [0.5, 0.6) is 0 Å². The molecule has 0 atom stereocenters. The van der Waals surface area contributed by atoms with Gasteiger partial charge in [-0.05, 0) is 123 Å². The Morgan fingerprint density at radius 3 is 1.15 bits per heavy atom. The molecule has 0 amide bonds. The number of anilines is 6. The zero-order valence-electron chi connectivity index (χ0n) is 33.8. The first-order valence-electron chi connectivity index (χ1n) is 18.8. The molecule has 6 aromatic rings. The van der Waals surface area contributed by atoms with Crippen molar-refractivity contribution < 1.29 is 0 Å². The van der Waals surface area contributed by atoms with Crippen molar-refractivity contribution in [1.29, 1.82) is 0 Å². The number of hydrogen-bond donors (Lipinski definition) is 0. The third-order valence-corrected chi connectivity index (χ3v) is 11.1. The Bertz CT molecular complexity index is 2100. The standard InChI is InChI=1S/C49H58N2S/c1-33-28-41(50(38-21-14-34(15-22-38)46(2,3)4)39-23-16-35(17-24-39)47(5,6)7)31-42(29-33)51(40-25-18-36(19-26-40)48(8,9)10)44-32-52-45-27-20-37(30-43(44)45)49(11,12)13/h14-32H,1-13H3. The van der Waals surface area contributed by atoms with Gasteiger partial charge in [0.25, 0.3) is 0 Å². The molecule has 0 bridgehead atoms. The second-order valence-corrected chi connectivity index (χ2v) is 19.6. The topological polar surface area (TPSA) is 6.48 Å². The van der Waals surface area contributed by atoms with Crippen LogP contribution in [0.3, 0.4) is 0 Å². The van der Waals surface area contributed by atoms with Crippen LogP contribution in [-0.4, -0.2) is 0 Å². The molecule has 270 valence electrons. The van der Waals surface area contributed by atoms with Gasteiger partial charge < -0.3 is 9.80 Å². The summed E-state index contributed by atoms with van der Waals surface area (Å²) in [6.45, 7) is 29.6. The van der Waals surface area contributed by atoms with Crippen LogP contribution in [-0.2, 0) is 21.7 Å². The summed E-state index contributed by atoms with van der Waals surface area (Å²) in [5, 5.41) is 3.62. The monoisotopic (exact) mass is 706 g/mol. The van der Waals surface area contributed by atoms with Crippen LogP contribution >= 0.6 is 11.3 Å². The first kappa shape index (κ1) is 37.4. The van der Waals surface area contributed by atoms with Crippen LogP contribution in [0.4, 0.5) is 34.1 Å². The Labute approximate surface area is 318 Å². The van der Waals surface area contributed by atoms with Crippen molar-refractivity contribution in [3.05, 3.63) is 142 Å². The van der Waals surface area contributed by atoms with E-state index in [1.165, 1.54) is 43.6 Å². The average molecular weight is 707 g/mol. The second kappa shape index (κ2) is 13.6. The molecule has 0 aliphatic rings. The molecule has 0 N–H and O–H groups in total. The summed E-state index contributed by atoms with van der Waals surface area (Å²) in [6, 6.07) is 41.5. The van der Waals surface area contributed by atoms with Crippen LogP contribution in [0.25, 0.3) is 10.1 Å². The van der Waals surface area contributed by atoms with Gasteiger partial charge in [0, 0.05) is 43.9 Å². The van der Waals surface area contributed by atoms with E-state index in [1.807, 2.05) is 11.3 Å². The molecule has 0 aliphatic heterocycles. The number of fused-ring (bicyclic) bond motifs is 1.